The molecule has 0 radical (unpaired) electrons. The van der Waals surface area contributed by atoms with Crippen molar-refractivity contribution in [2.45, 2.75) is 31.4 Å². The van der Waals surface area contributed by atoms with Crippen LogP contribution in [0.4, 0.5) is 0 Å². The maximum Gasteiger partial charge on any atom is 0.308 e. The number of rotatable bonds is 2. The Morgan fingerprint density at radius 3 is 2.42 bits per heavy atom. The summed E-state index contributed by atoms with van der Waals surface area (Å²) in [5.74, 6) is -1.98. The number of carboxylic acid groups (broad SMARTS) is 1. The highest BCUT2D eigenvalue weighted by molar-refractivity contribution is 7.92. The van der Waals surface area contributed by atoms with Crippen LogP contribution >= 0.6 is 0 Å². The highest BCUT2D eigenvalue weighted by Gasteiger charge is 2.43. The van der Waals surface area contributed by atoms with Gasteiger partial charge in [-0.15, -0.1) is 0 Å². The van der Waals surface area contributed by atoms with Gasteiger partial charge in [0.15, 0.2) is 9.84 Å². The minimum Gasteiger partial charge on any atom is -0.481 e. The molecule has 2 rings (SSSR count). The summed E-state index contributed by atoms with van der Waals surface area (Å²) >= 11 is 0. The highest BCUT2D eigenvalue weighted by Crippen LogP contribution is 2.27. The van der Waals surface area contributed by atoms with Gasteiger partial charge in [0.25, 0.3) is 0 Å². The Labute approximate surface area is 112 Å². The third-order valence-electron chi connectivity index (χ3n) is 4.10. The number of sulfone groups is 1. The van der Waals surface area contributed by atoms with Crippen LogP contribution in [0.5, 0.6) is 0 Å². The van der Waals surface area contributed by atoms with Gasteiger partial charge < -0.3 is 10.0 Å². The topological polar surface area (TPSA) is 91.8 Å². The molecule has 6 nitrogen and oxygen atoms in total. The Morgan fingerprint density at radius 1 is 1.21 bits per heavy atom. The molecule has 1 N–H and O–H groups in total. The number of hydrogen-bond acceptors (Lipinski definition) is 4. The molecule has 0 aromatic carbocycles. The Hall–Kier alpha value is -1.11. The van der Waals surface area contributed by atoms with Crippen LogP contribution in [0.15, 0.2) is 0 Å². The van der Waals surface area contributed by atoms with Crippen LogP contribution < -0.4 is 0 Å². The first kappa shape index (κ1) is 14.3. The average Bonchev–Trinajstić information content (AvgIpc) is 2.70. The minimum atomic E-state index is -3.35. The summed E-state index contributed by atoms with van der Waals surface area (Å²) < 4.78 is 23.8. The number of carbonyl (C=O) groups excluding carboxylic acids is 1. The van der Waals surface area contributed by atoms with Crippen LogP contribution in [0.25, 0.3) is 0 Å². The predicted octanol–water partition coefficient (Wildman–Crippen LogP) is 0.133. The molecule has 0 saturated carbocycles. The molecule has 3 atom stereocenters. The zero-order valence-corrected chi connectivity index (χ0v) is 11.7. The van der Waals surface area contributed by atoms with Gasteiger partial charge in [0.1, 0.15) is 5.25 Å². The molecule has 108 valence electrons. The van der Waals surface area contributed by atoms with Gasteiger partial charge >= 0.3 is 5.97 Å². The summed E-state index contributed by atoms with van der Waals surface area (Å²) in [6.45, 7) is 2.24. The molecule has 2 aliphatic rings. The highest BCUT2D eigenvalue weighted by atomic mass is 32.2. The number of hydrogen-bond donors (Lipinski definition) is 1. The van der Waals surface area contributed by atoms with Gasteiger partial charge in [-0.05, 0) is 18.8 Å². The van der Waals surface area contributed by atoms with Crippen molar-refractivity contribution in [2.75, 3.05) is 18.8 Å². The molecule has 2 fully saturated rings. The van der Waals surface area contributed by atoms with Crippen molar-refractivity contribution in [2.24, 2.45) is 11.8 Å². The first-order valence-corrected chi connectivity index (χ1v) is 8.27. The van der Waals surface area contributed by atoms with Gasteiger partial charge in [-0.3, -0.25) is 9.59 Å². The lowest BCUT2D eigenvalue weighted by Crippen LogP contribution is -2.44. The van der Waals surface area contributed by atoms with Crippen LogP contribution in [0, 0.1) is 11.8 Å². The van der Waals surface area contributed by atoms with Crippen LogP contribution in [-0.4, -0.2) is 54.4 Å². The summed E-state index contributed by atoms with van der Waals surface area (Å²) in [6.07, 6.45) is 1.71. The second kappa shape index (κ2) is 5.11. The summed E-state index contributed by atoms with van der Waals surface area (Å²) in [7, 11) is -3.35. The van der Waals surface area contributed by atoms with E-state index < -0.39 is 32.9 Å². The number of aliphatic carboxylic acids is 1. The quantitative estimate of drug-likeness (QED) is 0.780. The van der Waals surface area contributed by atoms with Crippen LogP contribution in [0.1, 0.15) is 26.2 Å². The van der Waals surface area contributed by atoms with Crippen molar-refractivity contribution in [3.63, 3.8) is 0 Å². The molecular formula is C12H19NO5S. The standard InChI is InChI=1S/C12H19NO5S/c1-8-6-13(7-9(8)12(15)16)11(14)10-4-2-3-5-19(10,17)18/h8-10H,2-7H2,1H3,(H,15,16)/t8-,9-,10?/m1/s1. The second-order valence-electron chi connectivity index (χ2n) is 5.52. The number of amides is 1. The summed E-state index contributed by atoms with van der Waals surface area (Å²) in [5, 5.41) is 8.08. The van der Waals surface area contributed by atoms with Gasteiger partial charge in [0, 0.05) is 13.1 Å². The molecule has 0 aliphatic carbocycles. The van der Waals surface area contributed by atoms with E-state index in [2.05, 4.69) is 0 Å². The number of likely N-dealkylation sites (tertiary alicyclic amines) is 1. The van der Waals surface area contributed by atoms with E-state index in [0.29, 0.717) is 19.4 Å². The van der Waals surface area contributed by atoms with E-state index in [9.17, 15) is 18.0 Å². The first-order valence-electron chi connectivity index (χ1n) is 6.56. The van der Waals surface area contributed by atoms with Crippen LogP contribution in [0.2, 0.25) is 0 Å². The molecular weight excluding hydrogens is 270 g/mol. The van der Waals surface area contributed by atoms with E-state index in [1.807, 2.05) is 0 Å². The molecule has 2 saturated heterocycles. The molecule has 0 spiro atoms. The lowest BCUT2D eigenvalue weighted by molar-refractivity contribution is -0.142. The smallest absolute Gasteiger partial charge is 0.308 e. The van der Waals surface area contributed by atoms with Crippen LogP contribution in [-0.2, 0) is 19.4 Å². The van der Waals surface area contributed by atoms with E-state index in [4.69, 9.17) is 5.11 Å². The Bertz CT molecular complexity index is 486. The van der Waals surface area contributed by atoms with Crippen LogP contribution in [0.3, 0.4) is 0 Å². The third kappa shape index (κ3) is 2.75. The number of carbonyl (C=O) groups is 2. The average molecular weight is 289 g/mol. The lowest BCUT2D eigenvalue weighted by atomic mass is 9.99. The van der Waals surface area contributed by atoms with Crippen molar-refractivity contribution in [3.05, 3.63) is 0 Å². The van der Waals surface area contributed by atoms with E-state index in [-0.39, 0.29) is 18.2 Å². The Balaban J connectivity index is 2.11. The van der Waals surface area contributed by atoms with Crippen molar-refractivity contribution in [3.8, 4) is 0 Å². The van der Waals surface area contributed by atoms with E-state index in [0.717, 1.165) is 6.42 Å². The fraction of sp³-hybridized carbons (Fsp3) is 0.833. The van der Waals surface area contributed by atoms with E-state index in [1.165, 1.54) is 4.90 Å². The lowest BCUT2D eigenvalue weighted by Gasteiger charge is -2.26. The van der Waals surface area contributed by atoms with Crippen molar-refractivity contribution < 1.29 is 23.1 Å². The molecule has 0 aromatic rings. The largest absolute Gasteiger partial charge is 0.481 e. The monoisotopic (exact) mass is 289 g/mol. The van der Waals surface area contributed by atoms with Gasteiger partial charge in [-0.25, -0.2) is 8.42 Å². The molecule has 0 bridgehead atoms. The summed E-state index contributed by atoms with van der Waals surface area (Å²) in [6, 6.07) is 0. The Kier molecular flexibility index (Phi) is 3.85. The maximum absolute atomic E-state index is 12.3. The predicted molar refractivity (Wildman–Crippen MR) is 68.3 cm³/mol. The molecule has 2 heterocycles. The normalized spacial score (nSPS) is 34.2. The SMILES string of the molecule is C[C@@H]1CN(C(=O)C2CCCCS2(=O)=O)C[C@H]1C(=O)O. The molecule has 7 heteroatoms. The van der Waals surface area contributed by atoms with E-state index in [1.54, 1.807) is 6.92 Å². The second-order valence-corrected chi connectivity index (χ2v) is 7.82. The van der Waals surface area contributed by atoms with Crippen molar-refractivity contribution >= 4 is 21.7 Å². The summed E-state index contributed by atoms with van der Waals surface area (Å²) in [4.78, 5) is 24.7. The zero-order chi connectivity index (χ0) is 14.2. The van der Waals surface area contributed by atoms with E-state index >= 15 is 0 Å². The minimum absolute atomic E-state index is 0.0646. The van der Waals surface area contributed by atoms with Gasteiger partial charge in [0.05, 0.1) is 11.7 Å². The van der Waals surface area contributed by atoms with Gasteiger partial charge in [-0.2, -0.15) is 0 Å². The first-order chi connectivity index (χ1) is 8.83. The van der Waals surface area contributed by atoms with Gasteiger partial charge in [-0.1, -0.05) is 13.3 Å². The molecule has 1 amide bonds. The fourth-order valence-corrected chi connectivity index (χ4v) is 4.78. The summed E-state index contributed by atoms with van der Waals surface area (Å²) in [5.41, 5.74) is 0. The molecule has 2 aliphatic heterocycles. The fourth-order valence-electron chi connectivity index (χ4n) is 2.90. The van der Waals surface area contributed by atoms with Crippen molar-refractivity contribution in [1.82, 2.24) is 4.90 Å². The van der Waals surface area contributed by atoms with Crippen molar-refractivity contribution in [1.29, 1.82) is 0 Å². The molecule has 19 heavy (non-hydrogen) atoms. The zero-order valence-electron chi connectivity index (χ0n) is 10.9. The number of nitrogens with zero attached hydrogens (tertiary/aromatic N) is 1. The molecule has 0 aromatic heterocycles. The van der Waals surface area contributed by atoms with Gasteiger partial charge in [0.2, 0.25) is 5.91 Å². The maximum atomic E-state index is 12.3. The number of carboxylic acids is 1. The Morgan fingerprint density at radius 2 is 1.89 bits per heavy atom. The molecule has 1 unspecified atom stereocenters. The third-order valence-corrected chi connectivity index (χ3v) is 6.26.